The van der Waals surface area contributed by atoms with Gasteiger partial charge in [0.25, 0.3) is 0 Å². The Balaban J connectivity index is 2.05. The van der Waals surface area contributed by atoms with E-state index in [0.29, 0.717) is 0 Å². The Morgan fingerprint density at radius 2 is 2.20 bits per heavy atom. The molecule has 15 heavy (non-hydrogen) atoms. The Bertz CT molecular complexity index is 435. The second kappa shape index (κ2) is 4.09. The lowest BCUT2D eigenvalue weighted by Gasteiger charge is -2.08. The van der Waals surface area contributed by atoms with Crippen molar-refractivity contribution in [2.75, 3.05) is 11.1 Å². The van der Waals surface area contributed by atoms with Gasteiger partial charge in [-0.05, 0) is 30.7 Å². The molecule has 0 atom stereocenters. The molecule has 0 bridgehead atoms. The molecule has 0 saturated heterocycles. The zero-order valence-electron chi connectivity index (χ0n) is 8.66. The van der Waals surface area contributed by atoms with Crippen molar-refractivity contribution >= 4 is 11.4 Å². The summed E-state index contributed by atoms with van der Waals surface area (Å²) in [6, 6.07) is 7.91. The first-order valence-electron chi connectivity index (χ1n) is 4.87. The summed E-state index contributed by atoms with van der Waals surface area (Å²) in [4.78, 5) is 0. The van der Waals surface area contributed by atoms with Crippen molar-refractivity contribution < 1.29 is 4.42 Å². The fourth-order valence-corrected chi connectivity index (χ4v) is 1.43. The van der Waals surface area contributed by atoms with Gasteiger partial charge in [0.1, 0.15) is 0 Å². The van der Waals surface area contributed by atoms with Gasteiger partial charge in [-0.1, -0.05) is 6.07 Å². The van der Waals surface area contributed by atoms with Crippen molar-refractivity contribution in [2.24, 2.45) is 0 Å². The SMILES string of the molecule is Cc1ccc(NCc2ccoc2)c(N)c1. The number of aryl methyl sites for hydroxylation is 1. The number of furan rings is 1. The second-order valence-electron chi connectivity index (χ2n) is 3.58. The van der Waals surface area contributed by atoms with Gasteiger partial charge in [0, 0.05) is 12.1 Å². The molecule has 2 rings (SSSR count). The number of nitrogens with two attached hydrogens (primary N) is 1. The topological polar surface area (TPSA) is 51.2 Å². The van der Waals surface area contributed by atoms with Crippen molar-refractivity contribution in [3.63, 3.8) is 0 Å². The molecule has 3 N–H and O–H groups in total. The van der Waals surface area contributed by atoms with Crippen molar-refractivity contribution in [3.8, 4) is 0 Å². The minimum absolute atomic E-state index is 0.726. The van der Waals surface area contributed by atoms with E-state index in [4.69, 9.17) is 10.2 Å². The quantitative estimate of drug-likeness (QED) is 0.752. The third-order valence-corrected chi connectivity index (χ3v) is 2.27. The standard InChI is InChI=1S/C12H14N2O/c1-9-2-3-12(11(13)6-9)14-7-10-4-5-15-8-10/h2-6,8,14H,7,13H2,1H3. The van der Waals surface area contributed by atoms with E-state index in [1.54, 1.807) is 12.5 Å². The molecule has 3 nitrogen and oxygen atoms in total. The van der Waals surface area contributed by atoms with Gasteiger partial charge < -0.3 is 15.5 Å². The third-order valence-electron chi connectivity index (χ3n) is 2.27. The molecule has 0 aliphatic rings. The van der Waals surface area contributed by atoms with Gasteiger partial charge in [0.15, 0.2) is 0 Å². The fourth-order valence-electron chi connectivity index (χ4n) is 1.43. The van der Waals surface area contributed by atoms with Crippen LogP contribution < -0.4 is 11.1 Å². The summed E-state index contributed by atoms with van der Waals surface area (Å²) >= 11 is 0. The highest BCUT2D eigenvalue weighted by Crippen LogP contribution is 2.20. The van der Waals surface area contributed by atoms with E-state index in [0.717, 1.165) is 23.5 Å². The maximum atomic E-state index is 5.87. The average molecular weight is 202 g/mol. The number of benzene rings is 1. The smallest absolute Gasteiger partial charge is 0.0952 e. The van der Waals surface area contributed by atoms with Crippen LogP contribution in [0.4, 0.5) is 11.4 Å². The van der Waals surface area contributed by atoms with E-state index >= 15 is 0 Å². The molecule has 0 saturated carbocycles. The van der Waals surface area contributed by atoms with E-state index in [9.17, 15) is 0 Å². The highest BCUT2D eigenvalue weighted by atomic mass is 16.3. The Morgan fingerprint density at radius 1 is 1.33 bits per heavy atom. The van der Waals surface area contributed by atoms with E-state index < -0.39 is 0 Å². The number of nitrogens with one attached hydrogen (secondary N) is 1. The molecule has 0 unspecified atom stereocenters. The first kappa shape index (κ1) is 9.65. The van der Waals surface area contributed by atoms with E-state index in [1.807, 2.05) is 31.2 Å². The Kier molecular flexibility index (Phi) is 2.63. The molecule has 2 aromatic rings. The molecule has 0 spiro atoms. The summed E-state index contributed by atoms with van der Waals surface area (Å²) in [7, 11) is 0. The minimum Gasteiger partial charge on any atom is -0.472 e. The molecule has 0 radical (unpaired) electrons. The highest BCUT2D eigenvalue weighted by Gasteiger charge is 1.99. The number of anilines is 2. The van der Waals surface area contributed by atoms with Crippen LogP contribution in [0.3, 0.4) is 0 Å². The fraction of sp³-hybridized carbons (Fsp3) is 0.167. The van der Waals surface area contributed by atoms with Gasteiger partial charge in [-0.15, -0.1) is 0 Å². The largest absolute Gasteiger partial charge is 0.472 e. The van der Waals surface area contributed by atoms with Gasteiger partial charge in [-0.2, -0.15) is 0 Å². The van der Waals surface area contributed by atoms with Crippen LogP contribution in [-0.2, 0) is 6.54 Å². The summed E-state index contributed by atoms with van der Waals surface area (Å²) in [5.74, 6) is 0. The summed E-state index contributed by atoms with van der Waals surface area (Å²) in [5.41, 5.74) is 9.89. The number of nitrogen functional groups attached to an aromatic ring is 1. The molecule has 0 aliphatic heterocycles. The van der Waals surface area contributed by atoms with Crippen molar-refractivity contribution in [1.82, 2.24) is 0 Å². The van der Waals surface area contributed by atoms with E-state index in [2.05, 4.69) is 5.32 Å². The Morgan fingerprint density at radius 3 is 2.87 bits per heavy atom. The van der Waals surface area contributed by atoms with Gasteiger partial charge in [0.2, 0.25) is 0 Å². The lowest BCUT2D eigenvalue weighted by Crippen LogP contribution is -2.01. The molecule has 1 aromatic carbocycles. The van der Waals surface area contributed by atoms with Crippen LogP contribution in [0.15, 0.2) is 41.2 Å². The van der Waals surface area contributed by atoms with Gasteiger partial charge in [-0.25, -0.2) is 0 Å². The lowest BCUT2D eigenvalue weighted by molar-refractivity contribution is 0.564. The van der Waals surface area contributed by atoms with Crippen molar-refractivity contribution in [2.45, 2.75) is 13.5 Å². The van der Waals surface area contributed by atoms with Gasteiger partial charge >= 0.3 is 0 Å². The molecule has 3 heteroatoms. The van der Waals surface area contributed by atoms with E-state index in [-0.39, 0.29) is 0 Å². The molecular weight excluding hydrogens is 188 g/mol. The van der Waals surface area contributed by atoms with Crippen molar-refractivity contribution in [3.05, 3.63) is 47.9 Å². The summed E-state index contributed by atoms with van der Waals surface area (Å²) < 4.78 is 4.98. The molecule has 0 fully saturated rings. The zero-order valence-corrected chi connectivity index (χ0v) is 8.66. The van der Waals surface area contributed by atoms with Gasteiger partial charge in [-0.3, -0.25) is 0 Å². The van der Waals surface area contributed by atoms with E-state index in [1.165, 1.54) is 5.56 Å². The summed E-state index contributed by atoms with van der Waals surface area (Å²) in [6.07, 6.45) is 3.38. The third kappa shape index (κ3) is 2.31. The van der Waals surface area contributed by atoms with Crippen LogP contribution in [-0.4, -0.2) is 0 Å². The maximum absolute atomic E-state index is 5.87. The Hall–Kier alpha value is -1.90. The Labute approximate surface area is 88.9 Å². The summed E-state index contributed by atoms with van der Waals surface area (Å²) in [6.45, 7) is 2.75. The summed E-state index contributed by atoms with van der Waals surface area (Å²) in [5, 5.41) is 3.26. The number of hydrogen-bond acceptors (Lipinski definition) is 3. The van der Waals surface area contributed by atoms with Crippen LogP contribution >= 0.6 is 0 Å². The predicted molar refractivity (Wildman–Crippen MR) is 61.6 cm³/mol. The molecule has 1 aromatic heterocycles. The van der Waals surface area contributed by atoms with Gasteiger partial charge in [0.05, 0.1) is 23.9 Å². The molecule has 0 aliphatic carbocycles. The molecule has 0 amide bonds. The minimum atomic E-state index is 0.726. The predicted octanol–water partition coefficient (Wildman–Crippen LogP) is 2.78. The molecule has 1 heterocycles. The lowest BCUT2D eigenvalue weighted by atomic mass is 10.2. The first-order chi connectivity index (χ1) is 7.25. The average Bonchev–Trinajstić information content (AvgIpc) is 2.69. The maximum Gasteiger partial charge on any atom is 0.0952 e. The second-order valence-corrected chi connectivity index (χ2v) is 3.58. The van der Waals surface area contributed by atoms with Crippen LogP contribution in [0.1, 0.15) is 11.1 Å². The molecule has 78 valence electrons. The highest BCUT2D eigenvalue weighted by molar-refractivity contribution is 5.66. The van der Waals surface area contributed by atoms with Crippen LogP contribution in [0, 0.1) is 6.92 Å². The first-order valence-corrected chi connectivity index (χ1v) is 4.87. The zero-order chi connectivity index (χ0) is 10.7. The van der Waals surface area contributed by atoms with Crippen LogP contribution in [0.2, 0.25) is 0 Å². The normalized spacial score (nSPS) is 10.2. The number of hydrogen-bond donors (Lipinski definition) is 2. The van der Waals surface area contributed by atoms with Crippen LogP contribution in [0.5, 0.6) is 0 Å². The molecular formula is C12H14N2O. The number of rotatable bonds is 3. The van der Waals surface area contributed by atoms with Crippen molar-refractivity contribution in [1.29, 1.82) is 0 Å². The monoisotopic (exact) mass is 202 g/mol. The van der Waals surface area contributed by atoms with Crippen LogP contribution in [0.25, 0.3) is 0 Å².